The molecule has 150 valence electrons. The number of rotatable bonds is 5. The number of thiocarbonyl (C=S) groups is 1. The summed E-state index contributed by atoms with van der Waals surface area (Å²) in [6.45, 7) is -0.176. The topological polar surface area (TPSA) is 62.3 Å². The first-order valence-electron chi connectivity index (χ1n) is 8.82. The van der Waals surface area contributed by atoms with Gasteiger partial charge in [-0.15, -0.1) is 11.3 Å². The third-order valence-corrected chi connectivity index (χ3v) is 6.67. The Morgan fingerprint density at radius 1 is 1.17 bits per heavy atom. The largest absolute Gasteiger partial charge is 0.300 e. The predicted molar refractivity (Wildman–Crippen MR) is 128 cm³/mol. The maximum Gasteiger partial charge on any atom is 0.266 e. The van der Waals surface area contributed by atoms with Gasteiger partial charge in [-0.3, -0.25) is 14.5 Å². The molecule has 0 aliphatic carbocycles. The van der Waals surface area contributed by atoms with Crippen LogP contribution in [0.4, 0.5) is 5.13 Å². The molecule has 1 aliphatic heterocycles. The highest BCUT2D eigenvalue weighted by Gasteiger charge is 2.33. The van der Waals surface area contributed by atoms with Gasteiger partial charge in [-0.1, -0.05) is 84.1 Å². The molecule has 2 aromatic carbocycles. The summed E-state index contributed by atoms with van der Waals surface area (Å²) >= 11 is 13.9. The zero-order chi connectivity index (χ0) is 21.1. The third-order valence-electron chi connectivity index (χ3n) is 4.19. The highest BCUT2D eigenvalue weighted by molar-refractivity contribution is 8.26. The van der Waals surface area contributed by atoms with Crippen molar-refractivity contribution in [2.45, 2.75) is 0 Å². The van der Waals surface area contributed by atoms with Crippen LogP contribution in [0.5, 0.6) is 0 Å². The van der Waals surface area contributed by atoms with Gasteiger partial charge in [-0.05, 0) is 17.7 Å². The van der Waals surface area contributed by atoms with E-state index in [-0.39, 0.29) is 18.4 Å². The van der Waals surface area contributed by atoms with E-state index >= 15 is 0 Å². The molecule has 1 saturated heterocycles. The van der Waals surface area contributed by atoms with Crippen LogP contribution in [0.1, 0.15) is 5.56 Å². The molecule has 0 unspecified atom stereocenters. The molecule has 5 nitrogen and oxygen atoms in total. The maximum atomic E-state index is 12.7. The quantitative estimate of drug-likeness (QED) is 0.404. The van der Waals surface area contributed by atoms with Crippen molar-refractivity contribution in [2.75, 3.05) is 11.9 Å². The van der Waals surface area contributed by atoms with E-state index in [4.69, 9.17) is 23.8 Å². The predicted octanol–water partition coefficient (Wildman–Crippen LogP) is 5.30. The summed E-state index contributed by atoms with van der Waals surface area (Å²) in [5.74, 6) is -0.677. The lowest BCUT2D eigenvalue weighted by molar-refractivity contribution is -0.126. The molecule has 0 atom stereocenters. The molecule has 9 heteroatoms. The van der Waals surface area contributed by atoms with Crippen molar-refractivity contribution in [3.63, 3.8) is 0 Å². The monoisotopic (exact) mass is 471 g/mol. The van der Waals surface area contributed by atoms with Gasteiger partial charge < -0.3 is 5.32 Å². The lowest BCUT2D eigenvalue weighted by atomic mass is 10.2. The van der Waals surface area contributed by atoms with E-state index in [0.717, 1.165) is 28.6 Å². The lowest BCUT2D eigenvalue weighted by Gasteiger charge is -2.13. The molecular formula is C21H14ClN3O2S3. The molecule has 2 heterocycles. The van der Waals surface area contributed by atoms with Crippen molar-refractivity contribution in [3.05, 3.63) is 75.5 Å². The Bertz CT molecular complexity index is 1160. The van der Waals surface area contributed by atoms with Crippen LogP contribution in [0.15, 0.2) is 64.9 Å². The van der Waals surface area contributed by atoms with E-state index in [1.807, 2.05) is 53.9 Å². The van der Waals surface area contributed by atoms with Crippen LogP contribution < -0.4 is 5.32 Å². The van der Waals surface area contributed by atoms with E-state index in [1.165, 1.54) is 16.2 Å². The fourth-order valence-electron chi connectivity index (χ4n) is 2.74. The van der Waals surface area contributed by atoms with Gasteiger partial charge in [0.05, 0.1) is 10.6 Å². The Hall–Kier alpha value is -2.52. The number of aromatic nitrogens is 1. The molecule has 3 aromatic rings. The average molecular weight is 472 g/mol. The minimum absolute atomic E-state index is 0.176. The molecule has 1 aliphatic rings. The SMILES string of the molecule is O=C(CN1C(=O)/C(=C\c2ccccc2Cl)SC1=S)Nc1nc(-c2ccccc2)cs1. The molecule has 30 heavy (non-hydrogen) atoms. The van der Waals surface area contributed by atoms with Gasteiger partial charge in [0.15, 0.2) is 5.13 Å². The molecule has 1 N–H and O–H groups in total. The summed E-state index contributed by atoms with van der Waals surface area (Å²) in [4.78, 5) is 31.3. The molecule has 1 aromatic heterocycles. The lowest BCUT2D eigenvalue weighted by Crippen LogP contribution is -2.36. The third kappa shape index (κ3) is 4.62. The van der Waals surface area contributed by atoms with Crippen LogP contribution in [0.2, 0.25) is 5.02 Å². The second-order valence-electron chi connectivity index (χ2n) is 6.24. The number of hydrogen-bond acceptors (Lipinski definition) is 6. The van der Waals surface area contributed by atoms with Crippen LogP contribution in [0.25, 0.3) is 17.3 Å². The van der Waals surface area contributed by atoms with E-state index in [1.54, 1.807) is 12.1 Å². The normalized spacial score (nSPS) is 15.1. The van der Waals surface area contributed by atoms with Gasteiger partial charge in [0.25, 0.3) is 5.91 Å². The standard InChI is InChI=1S/C21H14ClN3O2S3/c22-15-9-5-4-8-14(15)10-17-19(27)25(21(28)30-17)11-18(26)24-20-23-16(12-29-20)13-6-2-1-3-7-13/h1-10,12H,11H2,(H,23,24,26)/b17-10+. The van der Waals surface area contributed by atoms with Gasteiger partial charge in [0, 0.05) is 16.0 Å². The summed E-state index contributed by atoms with van der Waals surface area (Å²) in [7, 11) is 0. The molecule has 0 spiro atoms. The fourth-order valence-corrected chi connectivity index (χ4v) is 4.92. The molecule has 1 fully saturated rings. The van der Waals surface area contributed by atoms with Gasteiger partial charge in [0.1, 0.15) is 10.9 Å². The second kappa shape index (κ2) is 9.09. The highest BCUT2D eigenvalue weighted by Crippen LogP contribution is 2.33. The van der Waals surface area contributed by atoms with Crippen LogP contribution >= 0.6 is 46.9 Å². The van der Waals surface area contributed by atoms with E-state index in [0.29, 0.717) is 19.4 Å². The van der Waals surface area contributed by atoms with Crippen molar-refractivity contribution in [3.8, 4) is 11.3 Å². The number of thiazole rings is 1. The van der Waals surface area contributed by atoms with Crippen LogP contribution in [0.3, 0.4) is 0 Å². The van der Waals surface area contributed by atoms with Crippen LogP contribution in [-0.4, -0.2) is 32.6 Å². The van der Waals surface area contributed by atoms with Crippen molar-refractivity contribution in [1.29, 1.82) is 0 Å². The smallest absolute Gasteiger partial charge is 0.266 e. The Kier molecular flexibility index (Phi) is 6.29. The summed E-state index contributed by atoms with van der Waals surface area (Å²) in [6, 6.07) is 16.9. The Morgan fingerprint density at radius 2 is 1.90 bits per heavy atom. The molecule has 2 amide bonds. The van der Waals surface area contributed by atoms with E-state index in [2.05, 4.69) is 10.3 Å². The Morgan fingerprint density at radius 3 is 2.67 bits per heavy atom. The summed E-state index contributed by atoms with van der Waals surface area (Å²) < 4.78 is 0.331. The van der Waals surface area contributed by atoms with Gasteiger partial charge in [-0.25, -0.2) is 4.98 Å². The number of carbonyl (C=O) groups excluding carboxylic acids is 2. The first-order valence-corrected chi connectivity index (χ1v) is 11.3. The number of nitrogens with zero attached hydrogens (tertiary/aromatic N) is 2. The van der Waals surface area contributed by atoms with Gasteiger partial charge in [-0.2, -0.15) is 0 Å². The number of halogens is 1. The number of carbonyl (C=O) groups is 2. The number of thioether (sulfide) groups is 1. The maximum absolute atomic E-state index is 12.7. The van der Waals surface area contributed by atoms with E-state index < -0.39 is 0 Å². The number of hydrogen-bond donors (Lipinski definition) is 1. The Labute approximate surface area is 191 Å². The van der Waals surface area contributed by atoms with Crippen molar-refractivity contribution in [2.24, 2.45) is 0 Å². The molecule has 0 saturated carbocycles. The zero-order valence-corrected chi connectivity index (χ0v) is 18.6. The van der Waals surface area contributed by atoms with Crippen molar-refractivity contribution >= 4 is 74.3 Å². The summed E-state index contributed by atoms with van der Waals surface area (Å²) in [5.41, 5.74) is 2.47. The van der Waals surface area contributed by atoms with Gasteiger partial charge in [0.2, 0.25) is 5.91 Å². The highest BCUT2D eigenvalue weighted by atomic mass is 35.5. The first-order chi connectivity index (χ1) is 14.5. The molecule has 0 bridgehead atoms. The first kappa shape index (κ1) is 20.7. The number of anilines is 1. The second-order valence-corrected chi connectivity index (χ2v) is 9.18. The molecule has 0 radical (unpaired) electrons. The summed E-state index contributed by atoms with van der Waals surface area (Å²) in [5, 5.41) is 5.62. The van der Waals surface area contributed by atoms with Crippen LogP contribution in [0, 0.1) is 0 Å². The minimum atomic E-state index is -0.362. The number of nitrogens with one attached hydrogen (secondary N) is 1. The number of benzene rings is 2. The summed E-state index contributed by atoms with van der Waals surface area (Å²) in [6.07, 6.45) is 1.69. The minimum Gasteiger partial charge on any atom is -0.300 e. The zero-order valence-electron chi connectivity index (χ0n) is 15.4. The molecule has 4 rings (SSSR count). The molecular weight excluding hydrogens is 458 g/mol. The Balaban J connectivity index is 1.42. The fraction of sp³-hybridized carbons (Fsp3) is 0.0476. The van der Waals surface area contributed by atoms with E-state index in [9.17, 15) is 9.59 Å². The van der Waals surface area contributed by atoms with Gasteiger partial charge >= 0.3 is 0 Å². The number of amides is 2. The van der Waals surface area contributed by atoms with Crippen molar-refractivity contribution in [1.82, 2.24) is 9.88 Å². The van der Waals surface area contributed by atoms with Crippen molar-refractivity contribution < 1.29 is 9.59 Å². The average Bonchev–Trinajstić information content (AvgIpc) is 3.30. The van der Waals surface area contributed by atoms with Crippen LogP contribution in [-0.2, 0) is 9.59 Å².